The number of carbonyl (C=O) groups is 2. The van der Waals surface area contributed by atoms with Crippen molar-refractivity contribution in [2.24, 2.45) is 5.92 Å². The molecule has 30 heavy (non-hydrogen) atoms. The monoisotopic (exact) mass is 444 g/mol. The van der Waals surface area contributed by atoms with E-state index >= 15 is 0 Å². The van der Waals surface area contributed by atoms with Gasteiger partial charge in [0.05, 0.1) is 17.1 Å². The van der Waals surface area contributed by atoms with Crippen LogP contribution in [0.15, 0.2) is 30.3 Å². The summed E-state index contributed by atoms with van der Waals surface area (Å²) >= 11 is 7.79. The lowest BCUT2D eigenvalue weighted by molar-refractivity contribution is -0.135. The van der Waals surface area contributed by atoms with Crippen molar-refractivity contribution in [1.29, 1.82) is 0 Å². The van der Waals surface area contributed by atoms with Crippen LogP contribution in [0.1, 0.15) is 34.8 Å². The van der Waals surface area contributed by atoms with Crippen molar-refractivity contribution in [2.45, 2.75) is 27.3 Å². The van der Waals surface area contributed by atoms with E-state index in [1.165, 1.54) is 11.3 Å². The van der Waals surface area contributed by atoms with E-state index in [-0.39, 0.29) is 17.7 Å². The summed E-state index contributed by atoms with van der Waals surface area (Å²) in [5, 5.41) is 6.36. The van der Waals surface area contributed by atoms with Crippen LogP contribution in [0, 0.1) is 12.8 Å². The van der Waals surface area contributed by atoms with Crippen LogP contribution in [0.3, 0.4) is 0 Å². The number of aryl methyl sites for hydroxylation is 1. The van der Waals surface area contributed by atoms with Crippen molar-refractivity contribution in [3.63, 3.8) is 0 Å². The van der Waals surface area contributed by atoms with E-state index in [0.717, 1.165) is 21.5 Å². The molecule has 1 aliphatic rings. The second-order valence-electron chi connectivity index (χ2n) is 7.94. The van der Waals surface area contributed by atoms with Gasteiger partial charge < -0.3 is 9.80 Å². The Morgan fingerprint density at radius 1 is 1.13 bits per heavy atom. The van der Waals surface area contributed by atoms with Gasteiger partial charge in [0.2, 0.25) is 5.91 Å². The molecule has 1 aromatic carbocycles. The van der Waals surface area contributed by atoms with Crippen LogP contribution >= 0.6 is 22.9 Å². The molecule has 0 spiro atoms. The molecule has 1 aliphatic heterocycles. The Labute approximate surface area is 185 Å². The van der Waals surface area contributed by atoms with E-state index in [1.807, 2.05) is 65.6 Å². The fourth-order valence-corrected chi connectivity index (χ4v) is 5.09. The molecule has 2 amide bonds. The molecule has 8 heteroatoms. The van der Waals surface area contributed by atoms with Crippen molar-refractivity contribution in [3.05, 3.63) is 51.5 Å². The smallest absolute Gasteiger partial charge is 0.264 e. The highest BCUT2D eigenvalue weighted by molar-refractivity contribution is 7.20. The van der Waals surface area contributed by atoms with Gasteiger partial charge in [-0.25, -0.2) is 0 Å². The Bertz CT molecular complexity index is 1100. The Balaban J connectivity index is 1.52. The van der Waals surface area contributed by atoms with Gasteiger partial charge in [-0.1, -0.05) is 43.6 Å². The quantitative estimate of drug-likeness (QED) is 0.610. The molecule has 0 radical (unpaired) electrons. The first-order valence-corrected chi connectivity index (χ1v) is 11.3. The Kier molecular flexibility index (Phi) is 5.84. The van der Waals surface area contributed by atoms with Gasteiger partial charge in [0.1, 0.15) is 4.83 Å². The highest BCUT2D eigenvalue weighted by atomic mass is 35.5. The number of thiophene rings is 1. The number of nitrogens with zero attached hydrogens (tertiary/aromatic N) is 4. The molecule has 3 aromatic rings. The van der Waals surface area contributed by atoms with Gasteiger partial charge in [-0.3, -0.25) is 14.3 Å². The minimum absolute atomic E-state index is 0.0149. The summed E-state index contributed by atoms with van der Waals surface area (Å²) in [6, 6.07) is 9.67. The van der Waals surface area contributed by atoms with Gasteiger partial charge in [-0.05, 0) is 24.6 Å². The lowest BCUT2D eigenvalue weighted by Gasteiger charge is -2.35. The first-order valence-electron chi connectivity index (χ1n) is 10.1. The molecule has 1 fully saturated rings. The summed E-state index contributed by atoms with van der Waals surface area (Å²) in [6.45, 7) is 8.65. The average Bonchev–Trinajstić information content (AvgIpc) is 3.30. The Hall–Kier alpha value is -2.38. The molecule has 0 atom stereocenters. The third-order valence-corrected chi connectivity index (χ3v) is 6.97. The van der Waals surface area contributed by atoms with Crippen LogP contribution in [0.2, 0.25) is 5.02 Å². The maximum Gasteiger partial charge on any atom is 0.264 e. The van der Waals surface area contributed by atoms with Crippen LogP contribution in [0.5, 0.6) is 0 Å². The lowest BCUT2D eigenvalue weighted by atomic mass is 10.1. The number of carbonyl (C=O) groups excluding carboxylic acids is 2. The van der Waals surface area contributed by atoms with Crippen LogP contribution in [0.4, 0.5) is 0 Å². The van der Waals surface area contributed by atoms with E-state index in [4.69, 9.17) is 11.6 Å². The number of amides is 2. The third-order valence-electron chi connectivity index (χ3n) is 5.47. The van der Waals surface area contributed by atoms with E-state index in [1.54, 1.807) is 0 Å². The second-order valence-corrected chi connectivity index (χ2v) is 9.37. The maximum atomic E-state index is 13.1. The number of hydrogen-bond acceptors (Lipinski definition) is 4. The Morgan fingerprint density at radius 3 is 2.47 bits per heavy atom. The van der Waals surface area contributed by atoms with Gasteiger partial charge in [0, 0.05) is 42.5 Å². The van der Waals surface area contributed by atoms with E-state index < -0.39 is 0 Å². The molecule has 0 saturated carbocycles. The molecule has 3 heterocycles. The topological polar surface area (TPSA) is 58.4 Å². The van der Waals surface area contributed by atoms with Gasteiger partial charge in [0.25, 0.3) is 5.91 Å². The standard InChI is InChI=1S/C22H25ClN4O2S/c1-14(2)20(28)25-8-10-26(11-9-25)21(29)19-12-17-15(3)24-27(22(17)30-19)13-16-6-4-5-7-18(16)23/h4-7,12,14H,8-11,13H2,1-3H3. The number of fused-ring (bicyclic) bond motifs is 1. The largest absolute Gasteiger partial charge is 0.339 e. The van der Waals surface area contributed by atoms with Crippen molar-refractivity contribution in [3.8, 4) is 0 Å². The van der Waals surface area contributed by atoms with Crippen LogP contribution in [0.25, 0.3) is 10.2 Å². The van der Waals surface area contributed by atoms with Gasteiger partial charge in [0.15, 0.2) is 0 Å². The number of aromatic nitrogens is 2. The van der Waals surface area contributed by atoms with E-state index in [2.05, 4.69) is 5.10 Å². The summed E-state index contributed by atoms with van der Waals surface area (Å²) in [6.07, 6.45) is 0. The zero-order valence-corrected chi connectivity index (χ0v) is 19.0. The molecule has 0 unspecified atom stereocenters. The lowest BCUT2D eigenvalue weighted by Crippen LogP contribution is -2.51. The normalized spacial score (nSPS) is 14.7. The minimum atomic E-state index is -0.0149. The maximum absolute atomic E-state index is 13.1. The van der Waals surface area contributed by atoms with Gasteiger partial charge >= 0.3 is 0 Å². The molecule has 0 N–H and O–H groups in total. The zero-order chi connectivity index (χ0) is 21.4. The summed E-state index contributed by atoms with van der Waals surface area (Å²) in [5.41, 5.74) is 1.90. The molecule has 0 aliphatic carbocycles. The van der Waals surface area contributed by atoms with Crippen LogP contribution in [-0.4, -0.2) is 57.6 Å². The van der Waals surface area contributed by atoms with Crippen LogP contribution in [-0.2, 0) is 11.3 Å². The van der Waals surface area contributed by atoms with Crippen molar-refractivity contribution in [2.75, 3.05) is 26.2 Å². The molecular formula is C22H25ClN4O2S. The highest BCUT2D eigenvalue weighted by Crippen LogP contribution is 2.30. The molecule has 6 nitrogen and oxygen atoms in total. The molecule has 2 aromatic heterocycles. The van der Waals surface area contributed by atoms with Crippen molar-refractivity contribution >= 4 is 45.0 Å². The summed E-state index contributed by atoms with van der Waals surface area (Å²) in [7, 11) is 0. The minimum Gasteiger partial charge on any atom is -0.339 e. The van der Waals surface area contributed by atoms with Gasteiger partial charge in [-0.15, -0.1) is 11.3 Å². The van der Waals surface area contributed by atoms with Crippen molar-refractivity contribution < 1.29 is 9.59 Å². The molecule has 4 rings (SSSR count). The summed E-state index contributed by atoms with van der Waals surface area (Å²) in [4.78, 5) is 30.7. The molecular weight excluding hydrogens is 420 g/mol. The molecule has 158 valence electrons. The zero-order valence-electron chi connectivity index (χ0n) is 17.4. The van der Waals surface area contributed by atoms with Crippen molar-refractivity contribution in [1.82, 2.24) is 19.6 Å². The first-order chi connectivity index (χ1) is 14.3. The number of benzene rings is 1. The summed E-state index contributed by atoms with van der Waals surface area (Å²) in [5.74, 6) is 0.162. The predicted octanol–water partition coefficient (Wildman–Crippen LogP) is 4.05. The number of rotatable bonds is 4. The second kappa shape index (κ2) is 8.40. The fourth-order valence-electron chi connectivity index (χ4n) is 3.76. The molecule has 1 saturated heterocycles. The Morgan fingerprint density at radius 2 is 1.80 bits per heavy atom. The average molecular weight is 445 g/mol. The molecule has 0 bridgehead atoms. The van der Waals surface area contributed by atoms with E-state index in [0.29, 0.717) is 42.6 Å². The SMILES string of the molecule is Cc1nn(Cc2ccccc2Cl)c2sc(C(=O)N3CCN(C(=O)C(C)C)CC3)cc12. The number of piperazine rings is 1. The fraction of sp³-hybridized carbons (Fsp3) is 0.409. The number of halogens is 1. The predicted molar refractivity (Wildman–Crippen MR) is 120 cm³/mol. The highest BCUT2D eigenvalue weighted by Gasteiger charge is 2.27. The number of hydrogen-bond donors (Lipinski definition) is 0. The van der Waals surface area contributed by atoms with Crippen LogP contribution < -0.4 is 0 Å². The van der Waals surface area contributed by atoms with Gasteiger partial charge in [-0.2, -0.15) is 5.10 Å². The summed E-state index contributed by atoms with van der Waals surface area (Å²) < 4.78 is 1.92. The van der Waals surface area contributed by atoms with E-state index in [9.17, 15) is 9.59 Å². The third kappa shape index (κ3) is 3.96. The first kappa shape index (κ1) is 20.9.